The first kappa shape index (κ1) is 11.1. The van der Waals surface area contributed by atoms with Gasteiger partial charge in [0.15, 0.2) is 0 Å². The molecule has 90 valence electrons. The fourth-order valence-corrected chi connectivity index (χ4v) is 3.03. The number of hydrogen-bond acceptors (Lipinski definition) is 2. The molecule has 0 radical (unpaired) electrons. The van der Waals surface area contributed by atoms with Crippen molar-refractivity contribution in [3.05, 3.63) is 59.4 Å². The SMILES string of the molecule is N#C/C=C1/CC=C2C=CCOC3=CC=CCC23C1. The topological polar surface area (TPSA) is 33.0 Å². The van der Waals surface area contributed by atoms with Crippen LogP contribution in [0, 0.1) is 16.7 Å². The van der Waals surface area contributed by atoms with E-state index in [1.54, 1.807) is 6.08 Å². The summed E-state index contributed by atoms with van der Waals surface area (Å²) in [4.78, 5) is 0. The van der Waals surface area contributed by atoms with Gasteiger partial charge >= 0.3 is 0 Å². The molecule has 2 heteroatoms. The van der Waals surface area contributed by atoms with Crippen LogP contribution in [0.1, 0.15) is 19.3 Å². The first-order valence-corrected chi connectivity index (χ1v) is 6.30. The largest absolute Gasteiger partial charge is 0.493 e. The molecule has 1 unspecified atom stereocenters. The van der Waals surface area contributed by atoms with Crippen molar-refractivity contribution < 1.29 is 4.74 Å². The molecule has 0 fully saturated rings. The Balaban J connectivity index is 2.10. The van der Waals surface area contributed by atoms with E-state index in [0.29, 0.717) is 6.61 Å². The Morgan fingerprint density at radius 1 is 1.39 bits per heavy atom. The van der Waals surface area contributed by atoms with E-state index < -0.39 is 0 Å². The van der Waals surface area contributed by atoms with Gasteiger partial charge in [0.2, 0.25) is 0 Å². The van der Waals surface area contributed by atoms with Gasteiger partial charge in [0.25, 0.3) is 0 Å². The number of hydrogen-bond donors (Lipinski definition) is 0. The van der Waals surface area contributed by atoms with E-state index in [1.165, 1.54) is 11.1 Å². The molecule has 1 atom stereocenters. The zero-order valence-electron chi connectivity index (χ0n) is 10.2. The van der Waals surface area contributed by atoms with E-state index in [-0.39, 0.29) is 5.41 Å². The average molecular weight is 237 g/mol. The van der Waals surface area contributed by atoms with E-state index in [1.807, 2.05) is 0 Å². The maximum absolute atomic E-state index is 8.84. The highest BCUT2D eigenvalue weighted by Crippen LogP contribution is 2.51. The van der Waals surface area contributed by atoms with Gasteiger partial charge in [0.05, 0.1) is 11.5 Å². The monoisotopic (exact) mass is 237 g/mol. The summed E-state index contributed by atoms with van der Waals surface area (Å²) in [6, 6.07) is 2.15. The number of nitrogens with zero attached hydrogens (tertiary/aromatic N) is 1. The molecule has 0 saturated carbocycles. The third-order valence-corrected chi connectivity index (χ3v) is 3.89. The summed E-state index contributed by atoms with van der Waals surface area (Å²) < 4.78 is 5.87. The van der Waals surface area contributed by atoms with Crippen LogP contribution in [0.5, 0.6) is 0 Å². The summed E-state index contributed by atoms with van der Waals surface area (Å²) in [5, 5.41) is 8.84. The molecule has 3 rings (SSSR count). The van der Waals surface area contributed by atoms with Crippen LogP contribution in [0.2, 0.25) is 0 Å². The van der Waals surface area contributed by atoms with Crippen molar-refractivity contribution in [2.24, 2.45) is 5.41 Å². The van der Waals surface area contributed by atoms with Gasteiger partial charge in [-0.2, -0.15) is 5.26 Å². The van der Waals surface area contributed by atoms with E-state index in [9.17, 15) is 0 Å². The molecule has 3 aliphatic rings. The van der Waals surface area contributed by atoms with Crippen molar-refractivity contribution >= 4 is 0 Å². The van der Waals surface area contributed by atoms with Crippen molar-refractivity contribution in [1.29, 1.82) is 5.26 Å². The third-order valence-electron chi connectivity index (χ3n) is 3.89. The van der Waals surface area contributed by atoms with E-state index >= 15 is 0 Å². The molecule has 0 bridgehead atoms. The lowest BCUT2D eigenvalue weighted by Crippen LogP contribution is -2.29. The van der Waals surface area contributed by atoms with Gasteiger partial charge in [-0.25, -0.2) is 0 Å². The Morgan fingerprint density at radius 3 is 3.22 bits per heavy atom. The molecule has 1 aliphatic heterocycles. The molecule has 0 amide bonds. The first-order valence-electron chi connectivity index (χ1n) is 6.30. The fourth-order valence-electron chi connectivity index (χ4n) is 3.03. The molecule has 18 heavy (non-hydrogen) atoms. The molecule has 0 N–H and O–H groups in total. The number of allylic oxidation sites excluding steroid dienone is 8. The van der Waals surface area contributed by atoms with Gasteiger partial charge in [-0.05, 0) is 37.0 Å². The Bertz CT molecular complexity index is 554. The second-order valence-electron chi connectivity index (χ2n) is 4.93. The number of ether oxygens (including phenoxy) is 1. The van der Waals surface area contributed by atoms with Gasteiger partial charge in [-0.15, -0.1) is 0 Å². The molecule has 0 aromatic heterocycles. The van der Waals surface area contributed by atoms with Crippen LogP contribution in [0.4, 0.5) is 0 Å². The summed E-state index contributed by atoms with van der Waals surface area (Å²) >= 11 is 0. The fraction of sp³-hybridized carbons (Fsp3) is 0.312. The molecule has 2 aliphatic carbocycles. The van der Waals surface area contributed by atoms with E-state index in [4.69, 9.17) is 10.00 Å². The van der Waals surface area contributed by atoms with Crippen LogP contribution >= 0.6 is 0 Å². The van der Waals surface area contributed by atoms with Gasteiger partial charge in [0, 0.05) is 6.08 Å². The van der Waals surface area contributed by atoms with Gasteiger partial charge < -0.3 is 4.74 Å². The van der Waals surface area contributed by atoms with Crippen LogP contribution in [0.3, 0.4) is 0 Å². The Kier molecular flexibility index (Phi) is 2.68. The minimum Gasteiger partial charge on any atom is -0.493 e. The van der Waals surface area contributed by atoms with Crippen LogP contribution in [-0.2, 0) is 4.74 Å². The minimum atomic E-state index is -0.0668. The Hall–Kier alpha value is -2.01. The maximum Gasteiger partial charge on any atom is 0.108 e. The minimum absolute atomic E-state index is 0.0668. The predicted molar refractivity (Wildman–Crippen MR) is 70.4 cm³/mol. The van der Waals surface area contributed by atoms with Crippen LogP contribution in [-0.4, -0.2) is 6.61 Å². The zero-order valence-corrected chi connectivity index (χ0v) is 10.2. The lowest BCUT2D eigenvalue weighted by Gasteiger charge is -2.39. The molecule has 0 aromatic rings. The third kappa shape index (κ3) is 1.64. The standard InChI is InChI=1S/C16H15NO/c17-10-8-13-6-7-14-4-3-11-18-15-5-1-2-9-16(14,15)12-13/h1-5,7-8H,6,9,11-12H2/b13-8-. The quantitative estimate of drug-likeness (QED) is 0.603. The lowest BCUT2D eigenvalue weighted by atomic mass is 9.66. The van der Waals surface area contributed by atoms with Crippen molar-refractivity contribution in [3.63, 3.8) is 0 Å². The first-order chi connectivity index (χ1) is 8.85. The maximum atomic E-state index is 8.84. The summed E-state index contributed by atoms with van der Waals surface area (Å²) in [6.45, 7) is 0.635. The highest BCUT2D eigenvalue weighted by Gasteiger charge is 2.42. The molecular weight excluding hydrogens is 222 g/mol. The predicted octanol–water partition coefficient (Wildman–Crippen LogP) is 3.57. The summed E-state index contributed by atoms with van der Waals surface area (Å²) in [7, 11) is 0. The van der Waals surface area contributed by atoms with Crippen molar-refractivity contribution in [2.75, 3.05) is 6.61 Å². The zero-order chi connectivity index (χ0) is 12.4. The normalized spacial score (nSPS) is 31.4. The molecule has 0 aromatic carbocycles. The van der Waals surface area contributed by atoms with E-state index in [2.05, 4.69) is 42.5 Å². The average Bonchev–Trinajstić information content (AvgIpc) is 2.57. The van der Waals surface area contributed by atoms with Crippen LogP contribution in [0.25, 0.3) is 0 Å². The molecule has 0 saturated heterocycles. The van der Waals surface area contributed by atoms with Crippen molar-refractivity contribution in [1.82, 2.24) is 0 Å². The second kappa shape index (κ2) is 4.34. The van der Waals surface area contributed by atoms with Gasteiger partial charge in [0.1, 0.15) is 12.4 Å². The summed E-state index contributed by atoms with van der Waals surface area (Å²) in [5.74, 6) is 1.05. The van der Waals surface area contributed by atoms with Gasteiger partial charge in [-0.1, -0.05) is 29.9 Å². The van der Waals surface area contributed by atoms with Crippen molar-refractivity contribution in [3.8, 4) is 6.07 Å². The van der Waals surface area contributed by atoms with E-state index in [0.717, 1.165) is 25.0 Å². The van der Waals surface area contributed by atoms with Gasteiger partial charge in [-0.3, -0.25) is 0 Å². The Labute approximate surface area is 107 Å². The highest BCUT2D eigenvalue weighted by atomic mass is 16.5. The lowest BCUT2D eigenvalue weighted by molar-refractivity contribution is 0.169. The van der Waals surface area contributed by atoms with Crippen LogP contribution in [0.15, 0.2) is 59.4 Å². The smallest absolute Gasteiger partial charge is 0.108 e. The molecular formula is C16H15NO. The van der Waals surface area contributed by atoms with Crippen LogP contribution < -0.4 is 0 Å². The Morgan fingerprint density at radius 2 is 2.33 bits per heavy atom. The summed E-state index contributed by atoms with van der Waals surface area (Å²) in [5.41, 5.74) is 2.47. The molecule has 1 heterocycles. The molecule has 1 spiro atoms. The highest BCUT2D eigenvalue weighted by molar-refractivity contribution is 5.45. The molecule has 2 nitrogen and oxygen atoms in total. The second-order valence-corrected chi connectivity index (χ2v) is 4.93. The summed E-state index contributed by atoms with van der Waals surface area (Å²) in [6.07, 6.45) is 17.2. The number of nitriles is 1. The van der Waals surface area contributed by atoms with Crippen molar-refractivity contribution in [2.45, 2.75) is 19.3 Å². The number of rotatable bonds is 0.